The van der Waals surface area contributed by atoms with E-state index in [4.69, 9.17) is 6.42 Å². The molecule has 1 saturated heterocycles. The van der Waals surface area contributed by atoms with Gasteiger partial charge in [0.25, 0.3) is 5.91 Å². The van der Waals surface area contributed by atoms with Crippen molar-refractivity contribution in [1.82, 2.24) is 9.80 Å². The van der Waals surface area contributed by atoms with E-state index in [-0.39, 0.29) is 5.91 Å². The number of carbonyl (C=O) groups is 1. The number of terminal acetylenes is 1. The Bertz CT molecular complexity index is 400. The van der Waals surface area contributed by atoms with E-state index in [1.54, 1.807) is 0 Å². The molecule has 1 aromatic carbocycles. The van der Waals surface area contributed by atoms with Crippen LogP contribution >= 0.6 is 0 Å². The summed E-state index contributed by atoms with van der Waals surface area (Å²) in [5.74, 6) is 0.0947. The standard InChI is InChI=1S/C13H14N2O/c1-2-14-8-10-15(11-9-14)13(16)12-6-4-3-5-7-12/h1,3-7H,8-11H2. The van der Waals surface area contributed by atoms with Crippen molar-refractivity contribution in [3.63, 3.8) is 0 Å². The maximum absolute atomic E-state index is 12.1. The van der Waals surface area contributed by atoms with Gasteiger partial charge in [0, 0.05) is 37.8 Å². The van der Waals surface area contributed by atoms with Gasteiger partial charge in [0.05, 0.1) is 0 Å². The van der Waals surface area contributed by atoms with Crippen molar-refractivity contribution in [3.05, 3.63) is 35.9 Å². The minimum Gasteiger partial charge on any atom is -0.335 e. The van der Waals surface area contributed by atoms with E-state index < -0.39 is 0 Å². The first kappa shape index (κ1) is 10.6. The molecule has 1 aliphatic rings. The van der Waals surface area contributed by atoms with Crippen molar-refractivity contribution in [3.8, 4) is 12.5 Å². The van der Waals surface area contributed by atoms with Crippen molar-refractivity contribution in [1.29, 1.82) is 0 Å². The number of amides is 1. The van der Waals surface area contributed by atoms with Crippen LogP contribution in [0.15, 0.2) is 30.3 Å². The highest BCUT2D eigenvalue weighted by Gasteiger charge is 2.20. The first-order valence-corrected chi connectivity index (χ1v) is 5.37. The van der Waals surface area contributed by atoms with Crippen LogP contribution in [0.4, 0.5) is 0 Å². The lowest BCUT2D eigenvalue weighted by Crippen LogP contribution is -2.46. The smallest absolute Gasteiger partial charge is 0.253 e. The summed E-state index contributed by atoms with van der Waals surface area (Å²) in [6.45, 7) is 2.93. The minimum absolute atomic E-state index is 0.0947. The van der Waals surface area contributed by atoms with Gasteiger partial charge in [0.1, 0.15) is 0 Å². The molecule has 0 spiro atoms. The molecule has 0 unspecified atom stereocenters. The van der Waals surface area contributed by atoms with Gasteiger partial charge in [-0.3, -0.25) is 4.79 Å². The zero-order valence-electron chi connectivity index (χ0n) is 9.10. The molecular weight excluding hydrogens is 200 g/mol. The molecule has 1 heterocycles. The van der Waals surface area contributed by atoms with Gasteiger partial charge in [0.15, 0.2) is 0 Å². The third kappa shape index (κ3) is 2.17. The average Bonchev–Trinajstić information content (AvgIpc) is 2.39. The number of rotatable bonds is 1. The second kappa shape index (κ2) is 4.71. The average molecular weight is 214 g/mol. The molecule has 2 rings (SSSR count). The molecular formula is C13H14N2O. The molecule has 1 fully saturated rings. The summed E-state index contributed by atoms with van der Waals surface area (Å²) in [6.07, 6.45) is 5.31. The summed E-state index contributed by atoms with van der Waals surface area (Å²) in [5, 5.41) is 0. The third-order valence-electron chi connectivity index (χ3n) is 2.77. The molecule has 0 radical (unpaired) electrons. The van der Waals surface area contributed by atoms with Crippen LogP contribution in [0.5, 0.6) is 0 Å². The van der Waals surface area contributed by atoms with Gasteiger partial charge in [-0.15, -0.1) is 0 Å². The topological polar surface area (TPSA) is 23.6 Å². The highest BCUT2D eigenvalue weighted by Crippen LogP contribution is 2.07. The quantitative estimate of drug-likeness (QED) is 0.652. The van der Waals surface area contributed by atoms with Crippen molar-refractivity contribution in [2.24, 2.45) is 0 Å². The normalized spacial score (nSPS) is 15.7. The van der Waals surface area contributed by atoms with Crippen LogP contribution in [0, 0.1) is 12.5 Å². The molecule has 0 aromatic heterocycles. The Kier molecular flexibility index (Phi) is 3.11. The molecule has 0 atom stereocenters. The third-order valence-corrected chi connectivity index (χ3v) is 2.77. The van der Waals surface area contributed by atoms with Crippen LogP contribution in [0.2, 0.25) is 0 Å². The fraction of sp³-hybridized carbons (Fsp3) is 0.308. The Morgan fingerprint density at radius 1 is 1.12 bits per heavy atom. The van der Waals surface area contributed by atoms with Gasteiger partial charge < -0.3 is 9.80 Å². The van der Waals surface area contributed by atoms with Crippen LogP contribution in [0.3, 0.4) is 0 Å². The van der Waals surface area contributed by atoms with Crippen molar-refractivity contribution < 1.29 is 4.79 Å². The second-order valence-electron chi connectivity index (χ2n) is 3.77. The summed E-state index contributed by atoms with van der Waals surface area (Å²) in [5.41, 5.74) is 0.747. The lowest BCUT2D eigenvalue weighted by molar-refractivity contribution is 0.0686. The predicted molar refractivity (Wildman–Crippen MR) is 62.8 cm³/mol. The Hall–Kier alpha value is -1.95. The number of piperazine rings is 1. The van der Waals surface area contributed by atoms with Crippen molar-refractivity contribution in [2.45, 2.75) is 0 Å². The first-order valence-electron chi connectivity index (χ1n) is 5.37. The lowest BCUT2D eigenvalue weighted by Gasteiger charge is -2.32. The van der Waals surface area contributed by atoms with Crippen molar-refractivity contribution in [2.75, 3.05) is 26.2 Å². The molecule has 82 valence electrons. The zero-order valence-corrected chi connectivity index (χ0v) is 9.10. The van der Waals surface area contributed by atoms with Crippen LogP contribution < -0.4 is 0 Å². The molecule has 1 aromatic rings. The maximum atomic E-state index is 12.1. The van der Waals surface area contributed by atoms with Gasteiger partial charge in [-0.2, -0.15) is 0 Å². The van der Waals surface area contributed by atoms with Gasteiger partial charge in [-0.05, 0) is 12.1 Å². The molecule has 16 heavy (non-hydrogen) atoms. The van der Waals surface area contributed by atoms with Gasteiger partial charge >= 0.3 is 0 Å². The first-order chi connectivity index (χ1) is 7.81. The second-order valence-corrected chi connectivity index (χ2v) is 3.77. The molecule has 0 N–H and O–H groups in total. The summed E-state index contributed by atoms with van der Waals surface area (Å²) in [6, 6.07) is 12.0. The molecule has 1 amide bonds. The summed E-state index contributed by atoms with van der Waals surface area (Å²) < 4.78 is 0. The Labute approximate surface area is 95.7 Å². The zero-order chi connectivity index (χ0) is 11.4. The SMILES string of the molecule is C#CN1CCN(C(=O)c2ccccc2)CC1. The van der Waals surface area contributed by atoms with E-state index in [1.807, 2.05) is 40.1 Å². The molecule has 0 saturated carbocycles. The summed E-state index contributed by atoms with van der Waals surface area (Å²) in [4.78, 5) is 15.8. The fourth-order valence-electron chi connectivity index (χ4n) is 1.80. The predicted octanol–water partition coefficient (Wildman–Crippen LogP) is 1.04. The number of hydrogen-bond donors (Lipinski definition) is 0. The number of benzene rings is 1. The van der Waals surface area contributed by atoms with E-state index in [9.17, 15) is 4.79 Å². The van der Waals surface area contributed by atoms with Crippen LogP contribution in [0.25, 0.3) is 0 Å². The van der Waals surface area contributed by atoms with Gasteiger partial charge in [-0.25, -0.2) is 0 Å². The summed E-state index contributed by atoms with van der Waals surface area (Å²) in [7, 11) is 0. The van der Waals surface area contributed by atoms with E-state index in [2.05, 4.69) is 6.04 Å². The Morgan fingerprint density at radius 2 is 1.75 bits per heavy atom. The molecule has 1 aliphatic heterocycles. The largest absolute Gasteiger partial charge is 0.335 e. The minimum atomic E-state index is 0.0947. The van der Waals surface area contributed by atoms with Gasteiger partial charge in [-0.1, -0.05) is 24.6 Å². The molecule has 3 nitrogen and oxygen atoms in total. The number of carbonyl (C=O) groups excluding carboxylic acids is 1. The molecule has 0 bridgehead atoms. The molecule has 3 heteroatoms. The molecule has 0 aliphatic carbocycles. The van der Waals surface area contributed by atoms with Crippen molar-refractivity contribution >= 4 is 5.91 Å². The fourth-order valence-corrected chi connectivity index (χ4v) is 1.80. The van der Waals surface area contributed by atoms with E-state index >= 15 is 0 Å². The van der Waals surface area contributed by atoms with Gasteiger partial charge in [0.2, 0.25) is 0 Å². The number of hydrogen-bond acceptors (Lipinski definition) is 2. The van der Waals surface area contributed by atoms with Crippen LogP contribution in [-0.2, 0) is 0 Å². The van der Waals surface area contributed by atoms with E-state index in [0.29, 0.717) is 13.1 Å². The lowest BCUT2D eigenvalue weighted by atomic mass is 10.2. The van der Waals surface area contributed by atoms with E-state index in [1.165, 1.54) is 0 Å². The Morgan fingerprint density at radius 3 is 2.31 bits per heavy atom. The highest BCUT2D eigenvalue weighted by atomic mass is 16.2. The monoisotopic (exact) mass is 214 g/mol. The van der Waals surface area contributed by atoms with Crippen LogP contribution in [-0.4, -0.2) is 41.9 Å². The summed E-state index contributed by atoms with van der Waals surface area (Å²) >= 11 is 0. The maximum Gasteiger partial charge on any atom is 0.253 e. The number of nitrogens with zero attached hydrogens (tertiary/aromatic N) is 2. The Balaban J connectivity index is 2.00. The highest BCUT2D eigenvalue weighted by molar-refractivity contribution is 5.94. The van der Waals surface area contributed by atoms with Crippen LogP contribution in [0.1, 0.15) is 10.4 Å². The van der Waals surface area contributed by atoms with E-state index in [0.717, 1.165) is 18.7 Å².